The lowest BCUT2D eigenvalue weighted by Crippen LogP contribution is -1.86. The standard InChI is InChI=1S/C35H26S.C34H24S.C33H22S/c1-21-15-23(3)34-32(17-21)33-18-22(2)16-31(35(33)36-34)25-11-8-10-24(19-25)30-20-26-9-4-5-12-27(26)28-13-6-7-14-29(28)30;1-21-14-15-33-31(16-21)32-18-22(2)17-30(34(32)35-33)24-10-7-9-23(19-24)29-20-25-8-3-4-11-26(25)27-12-5-6-13-28(27)29;1-21-9-6-17-29-30-18-8-16-26(33(30)34-32(21)29)22-11-7-12-23(19-22)31-20-24-10-2-3-13-25(24)27-14-4-5-15-28(27)31/h4-20H,1-3H3;3-20H,1-2H3;2-20H,1H3. The monoisotopic (exact) mass is 1390 g/mol. The molecule has 21 rings (SSSR count). The van der Waals surface area contributed by atoms with Crippen LogP contribution in [-0.4, -0.2) is 0 Å². The van der Waals surface area contributed by atoms with Gasteiger partial charge in [-0.1, -0.05) is 260 Å². The summed E-state index contributed by atoms with van der Waals surface area (Å²) in [6.45, 7) is 13.3. The van der Waals surface area contributed by atoms with Crippen LogP contribution in [0.3, 0.4) is 0 Å². The zero-order valence-corrected chi connectivity index (χ0v) is 61.9. The fourth-order valence-corrected chi connectivity index (χ4v) is 20.4. The lowest BCUT2D eigenvalue weighted by molar-refractivity contribution is 1.44. The maximum atomic E-state index is 2.38. The molecule has 0 radical (unpaired) electrons. The summed E-state index contributed by atoms with van der Waals surface area (Å²) in [5, 5.41) is 23.8. The number of aryl methyl sites for hydroxylation is 6. The highest BCUT2D eigenvalue weighted by molar-refractivity contribution is 7.27. The molecule has 0 aliphatic heterocycles. The molecule has 3 aromatic heterocycles. The maximum Gasteiger partial charge on any atom is 0.0434 e. The summed E-state index contributed by atoms with van der Waals surface area (Å²) < 4.78 is 8.27. The first-order valence-electron chi connectivity index (χ1n) is 36.3. The van der Waals surface area contributed by atoms with Gasteiger partial charge in [0, 0.05) is 60.5 Å². The molecule has 0 aliphatic rings. The highest BCUT2D eigenvalue weighted by Gasteiger charge is 2.20. The number of benzene rings is 18. The van der Waals surface area contributed by atoms with E-state index >= 15 is 0 Å². The molecule has 498 valence electrons. The molecule has 0 bridgehead atoms. The summed E-state index contributed by atoms with van der Waals surface area (Å²) in [6.07, 6.45) is 0. The second-order valence-electron chi connectivity index (χ2n) is 28.6. The van der Waals surface area contributed by atoms with Gasteiger partial charge < -0.3 is 0 Å². The van der Waals surface area contributed by atoms with Crippen LogP contribution in [-0.2, 0) is 0 Å². The van der Waals surface area contributed by atoms with Gasteiger partial charge in [0.05, 0.1) is 0 Å². The number of fused-ring (bicyclic) bond motifs is 18. The van der Waals surface area contributed by atoms with Crippen molar-refractivity contribution in [1.29, 1.82) is 0 Å². The molecule has 0 aliphatic carbocycles. The molecule has 0 unspecified atom stereocenters. The average Bonchev–Trinajstić information content (AvgIpc) is 1.67. The summed E-state index contributed by atoms with van der Waals surface area (Å²) in [6, 6.07) is 121. The predicted molar refractivity (Wildman–Crippen MR) is 464 cm³/mol. The molecule has 0 spiro atoms. The van der Waals surface area contributed by atoms with E-state index in [-0.39, 0.29) is 0 Å². The van der Waals surface area contributed by atoms with Crippen molar-refractivity contribution in [3.05, 3.63) is 361 Å². The Labute approximate surface area is 623 Å². The fourth-order valence-electron chi connectivity index (χ4n) is 16.7. The first-order valence-corrected chi connectivity index (χ1v) is 38.8. The first-order chi connectivity index (χ1) is 51.5. The topological polar surface area (TPSA) is 0 Å². The molecule has 0 atom stereocenters. The second kappa shape index (κ2) is 26.2. The average molecular weight is 1390 g/mol. The third kappa shape index (κ3) is 11.3. The Bertz CT molecular complexity index is 7110. The van der Waals surface area contributed by atoms with E-state index in [1.165, 1.54) is 225 Å². The molecule has 0 saturated carbocycles. The minimum Gasteiger partial charge on any atom is -0.135 e. The Kier molecular flexibility index (Phi) is 16.0. The summed E-state index contributed by atoms with van der Waals surface area (Å²) in [7, 11) is 0. The molecule has 0 nitrogen and oxygen atoms in total. The van der Waals surface area contributed by atoms with Gasteiger partial charge in [-0.3, -0.25) is 0 Å². The zero-order chi connectivity index (χ0) is 70.6. The van der Waals surface area contributed by atoms with E-state index in [1.54, 1.807) is 0 Å². The number of rotatable bonds is 6. The van der Waals surface area contributed by atoms with Gasteiger partial charge in [-0.15, -0.1) is 34.0 Å². The van der Waals surface area contributed by atoms with Crippen LogP contribution < -0.4 is 0 Å². The number of thiophene rings is 3. The van der Waals surface area contributed by atoms with Crippen LogP contribution in [0.4, 0.5) is 0 Å². The van der Waals surface area contributed by atoms with E-state index in [0.29, 0.717) is 0 Å². The van der Waals surface area contributed by atoms with Crippen molar-refractivity contribution in [3.63, 3.8) is 0 Å². The summed E-state index contributed by atoms with van der Waals surface area (Å²) in [5.41, 5.74) is 23.4. The van der Waals surface area contributed by atoms with Crippen LogP contribution in [0.1, 0.15) is 33.4 Å². The van der Waals surface area contributed by atoms with Gasteiger partial charge in [0.25, 0.3) is 0 Å². The Morgan fingerprint density at radius 3 is 0.962 bits per heavy atom. The molecular formula is C102H72S3. The molecule has 0 fully saturated rings. The smallest absolute Gasteiger partial charge is 0.0434 e. The Morgan fingerprint density at radius 1 is 0.162 bits per heavy atom. The zero-order valence-electron chi connectivity index (χ0n) is 59.4. The molecule has 21 aromatic rings. The van der Waals surface area contributed by atoms with Crippen molar-refractivity contribution in [2.45, 2.75) is 41.5 Å². The van der Waals surface area contributed by atoms with Crippen LogP contribution in [0.2, 0.25) is 0 Å². The fraction of sp³-hybridized carbons (Fsp3) is 0.0588. The van der Waals surface area contributed by atoms with Crippen LogP contribution in [0, 0.1) is 41.5 Å². The van der Waals surface area contributed by atoms with Gasteiger partial charge in [0.1, 0.15) is 0 Å². The van der Waals surface area contributed by atoms with Gasteiger partial charge in [0.15, 0.2) is 0 Å². The van der Waals surface area contributed by atoms with Crippen LogP contribution >= 0.6 is 34.0 Å². The minimum absolute atomic E-state index is 1.26. The highest BCUT2D eigenvalue weighted by atomic mass is 32.1. The van der Waals surface area contributed by atoms with Gasteiger partial charge in [0.2, 0.25) is 0 Å². The summed E-state index contributed by atoms with van der Waals surface area (Å²) >= 11 is 5.76. The van der Waals surface area contributed by atoms with Gasteiger partial charge in [-0.05, 0) is 274 Å². The van der Waals surface area contributed by atoms with E-state index in [0.717, 1.165) is 0 Å². The van der Waals surface area contributed by atoms with Crippen LogP contribution in [0.5, 0.6) is 0 Å². The Balaban J connectivity index is 0.000000108. The molecule has 0 amide bonds. The van der Waals surface area contributed by atoms with Gasteiger partial charge >= 0.3 is 0 Å². The van der Waals surface area contributed by atoms with E-state index in [1.807, 2.05) is 34.0 Å². The van der Waals surface area contributed by atoms with Crippen LogP contribution in [0.25, 0.3) is 192 Å². The first kappa shape index (κ1) is 64.1. The third-order valence-corrected chi connectivity index (χ3v) is 25.5. The second-order valence-corrected chi connectivity index (χ2v) is 31.7. The quantitative estimate of drug-likeness (QED) is 0.146. The van der Waals surface area contributed by atoms with E-state index < -0.39 is 0 Å². The van der Waals surface area contributed by atoms with E-state index in [9.17, 15) is 0 Å². The summed E-state index contributed by atoms with van der Waals surface area (Å²) in [5.74, 6) is 0. The summed E-state index contributed by atoms with van der Waals surface area (Å²) in [4.78, 5) is 0. The number of hydrogen-bond acceptors (Lipinski definition) is 3. The largest absolute Gasteiger partial charge is 0.135 e. The molecule has 3 heteroatoms. The molecule has 18 aromatic carbocycles. The highest BCUT2D eigenvalue weighted by Crippen LogP contribution is 2.48. The lowest BCUT2D eigenvalue weighted by Gasteiger charge is -2.13. The SMILES string of the molecule is Cc1cc(C)c2sc3c(-c4cccc(-c5cc6ccccc6c6ccccc56)c4)cc(C)cc3c2c1.Cc1ccc2sc3c(-c4cccc(-c5cc6ccccc6c6ccccc56)c4)cc(C)cc3c2c1.Cc1cccc2c1sc1c(-c3cccc(-c4cc5ccccc5c5ccccc45)c3)cccc12. The van der Waals surface area contributed by atoms with Crippen LogP contribution in [0.15, 0.2) is 328 Å². The molecule has 0 saturated heterocycles. The van der Waals surface area contributed by atoms with Crippen molar-refractivity contribution in [1.82, 2.24) is 0 Å². The number of hydrogen-bond donors (Lipinski definition) is 0. The van der Waals surface area contributed by atoms with Crippen molar-refractivity contribution < 1.29 is 0 Å². The van der Waals surface area contributed by atoms with E-state index in [4.69, 9.17) is 0 Å². The lowest BCUT2D eigenvalue weighted by atomic mass is 9.91. The van der Waals surface area contributed by atoms with Crippen molar-refractivity contribution in [2.75, 3.05) is 0 Å². The van der Waals surface area contributed by atoms with Crippen molar-refractivity contribution in [2.24, 2.45) is 0 Å². The minimum atomic E-state index is 1.26. The molecule has 0 N–H and O–H groups in total. The maximum absolute atomic E-state index is 2.38. The van der Waals surface area contributed by atoms with Crippen molar-refractivity contribution in [3.8, 4) is 66.8 Å². The van der Waals surface area contributed by atoms with Gasteiger partial charge in [-0.25, -0.2) is 0 Å². The predicted octanol–water partition coefficient (Wildman–Crippen LogP) is 30.9. The van der Waals surface area contributed by atoms with E-state index in [2.05, 4.69) is 369 Å². The molecular weight excluding hydrogens is 1320 g/mol. The Morgan fingerprint density at radius 2 is 0.486 bits per heavy atom. The third-order valence-electron chi connectivity index (χ3n) is 21.5. The molecule has 3 heterocycles. The van der Waals surface area contributed by atoms with Gasteiger partial charge in [-0.2, -0.15) is 0 Å². The van der Waals surface area contributed by atoms with Crippen molar-refractivity contribution >= 4 is 159 Å². The normalized spacial score (nSPS) is 11.7. The Hall–Kier alpha value is -11.8. The molecule has 105 heavy (non-hydrogen) atoms.